The quantitative estimate of drug-likeness (QED) is 0.0787. The number of nitrogens with one attached hydrogen (secondary N) is 1. The van der Waals surface area contributed by atoms with Gasteiger partial charge in [-0.05, 0) is 25.5 Å². The molecule has 2 aromatic rings. The van der Waals surface area contributed by atoms with Gasteiger partial charge in [-0.1, -0.05) is 18.6 Å². The lowest BCUT2D eigenvalue weighted by atomic mass is 9.72. The molecule has 0 fully saturated rings. The number of aliphatic hydroxyl groups excluding tert-OH is 1. The minimum atomic E-state index is -5.05. The molecule has 0 saturated heterocycles. The number of ether oxygens (including phenoxy) is 1. The van der Waals surface area contributed by atoms with Gasteiger partial charge in [-0.25, -0.2) is 0 Å². The van der Waals surface area contributed by atoms with E-state index < -0.39 is 98.1 Å². The lowest BCUT2D eigenvalue weighted by molar-refractivity contribution is -0.141. The Hall–Kier alpha value is -2.97. The van der Waals surface area contributed by atoms with Crippen LogP contribution >= 0.6 is 15.2 Å². The predicted molar refractivity (Wildman–Crippen MR) is 147 cm³/mol. The summed E-state index contributed by atoms with van der Waals surface area (Å²) in [7, 11) is -8.81. The fraction of sp³-hybridized carbons (Fsp3) is 0.423. The van der Waals surface area contributed by atoms with Crippen LogP contribution in [0.3, 0.4) is 0 Å². The summed E-state index contributed by atoms with van der Waals surface area (Å²) in [6.45, 7) is -0.393. The van der Waals surface area contributed by atoms with E-state index in [1.807, 2.05) is 0 Å². The molecular weight excluding hydrogens is 612 g/mol. The molecule has 2 aliphatic rings. The molecule has 2 atom stereocenters. The summed E-state index contributed by atoms with van der Waals surface area (Å²) < 4.78 is 27.9. The Kier molecular flexibility index (Phi) is 9.07. The van der Waals surface area contributed by atoms with Crippen LogP contribution < -0.4 is 10.1 Å². The minimum absolute atomic E-state index is 0.00154. The Balaban J connectivity index is 1.51. The van der Waals surface area contributed by atoms with E-state index in [-0.39, 0.29) is 47.4 Å². The number of Topliss-reactive ketones (excluding diaryl/α,β-unsaturated/α-hetero) is 1. The lowest BCUT2D eigenvalue weighted by Crippen LogP contribution is -2.49. The molecule has 2 aliphatic carbocycles. The van der Waals surface area contributed by atoms with Crippen molar-refractivity contribution in [3.8, 4) is 17.2 Å². The number of hydrogen-bond acceptors (Lipinski definition) is 11. The summed E-state index contributed by atoms with van der Waals surface area (Å²) in [6.07, 6.45) is -3.24. The highest BCUT2D eigenvalue weighted by molar-refractivity contribution is 7.70. The number of unbranched alkanes of at least 4 members (excludes halogenated alkanes) is 1. The second-order valence-electron chi connectivity index (χ2n) is 10.6. The van der Waals surface area contributed by atoms with E-state index in [2.05, 4.69) is 5.32 Å². The molecular formula is C26H31NO14P2. The summed E-state index contributed by atoms with van der Waals surface area (Å²) in [5.41, 5.74) is -4.12. The topological polar surface area (TPSA) is 268 Å². The number of ketones is 3. The van der Waals surface area contributed by atoms with Gasteiger partial charge in [-0.2, -0.15) is 0 Å². The highest BCUT2D eigenvalue weighted by Gasteiger charge is 2.48. The molecule has 0 aliphatic heterocycles. The Morgan fingerprint density at radius 2 is 1.65 bits per heavy atom. The van der Waals surface area contributed by atoms with Gasteiger partial charge in [0.15, 0.2) is 17.0 Å². The fourth-order valence-corrected chi connectivity index (χ4v) is 8.24. The third kappa shape index (κ3) is 6.05. The molecule has 9 N–H and O–H groups in total. The van der Waals surface area contributed by atoms with Gasteiger partial charge in [0, 0.05) is 29.5 Å². The van der Waals surface area contributed by atoms with Crippen LogP contribution in [-0.4, -0.2) is 88.5 Å². The van der Waals surface area contributed by atoms with Crippen LogP contribution in [0.4, 0.5) is 0 Å². The number of phenolic OH excluding ortho intramolecular Hbond substituents is 2. The average Bonchev–Trinajstić information content (AvgIpc) is 2.90. The number of fused-ring (bicyclic) bond motifs is 3. The lowest BCUT2D eigenvalue weighted by Gasteiger charge is -2.37. The first-order valence-corrected chi connectivity index (χ1v) is 16.4. The molecule has 234 valence electrons. The Morgan fingerprint density at radius 3 is 2.26 bits per heavy atom. The zero-order valence-electron chi connectivity index (χ0n) is 22.8. The maximum atomic E-state index is 13.4. The molecule has 0 spiro atoms. The molecule has 4 rings (SSSR count). The van der Waals surface area contributed by atoms with E-state index in [1.165, 1.54) is 25.3 Å². The van der Waals surface area contributed by atoms with E-state index in [1.54, 1.807) is 0 Å². The van der Waals surface area contributed by atoms with Crippen molar-refractivity contribution in [2.75, 3.05) is 20.2 Å². The van der Waals surface area contributed by atoms with Crippen molar-refractivity contribution >= 4 is 32.5 Å². The maximum absolute atomic E-state index is 13.4. The van der Waals surface area contributed by atoms with E-state index >= 15 is 0 Å². The van der Waals surface area contributed by atoms with Gasteiger partial charge in [0.25, 0.3) is 0 Å². The first kappa shape index (κ1) is 32.9. The second kappa shape index (κ2) is 11.8. The number of carbonyl (C=O) groups excluding carboxylic acids is 3. The summed E-state index contributed by atoms with van der Waals surface area (Å²) >= 11 is 0. The van der Waals surface area contributed by atoms with Crippen molar-refractivity contribution in [3.05, 3.63) is 51.6 Å². The number of aromatic hydroxyl groups is 2. The van der Waals surface area contributed by atoms with Gasteiger partial charge in [0.05, 0.1) is 36.4 Å². The summed E-state index contributed by atoms with van der Waals surface area (Å²) in [5.74, 6) is -3.92. The zero-order valence-corrected chi connectivity index (χ0v) is 24.5. The fourth-order valence-electron chi connectivity index (χ4n) is 5.63. The number of aliphatic hydroxyl groups is 2. The SMILES string of the molecule is COc1cccc2c1C(=O)c1c(O)c3c(c(O)c1C2=O)CC(O)(C(=O)CNCCCCC(P(=O)(O)O)P(=O)(O)O)CC3O. The highest BCUT2D eigenvalue weighted by atomic mass is 31.2. The van der Waals surface area contributed by atoms with Gasteiger partial charge in [-0.3, -0.25) is 23.5 Å². The summed E-state index contributed by atoms with van der Waals surface area (Å²) in [6, 6.07) is 4.25. The van der Waals surface area contributed by atoms with Crippen LogP contribution in [0.5, 0.6) is 17.2 Å². The molecule has 15 nitrogen and oxygen atoms in total. The van der Waals surface area contributed by atoms with Crippen LogP contribution in [-0.2, 0) is 20.3 Å². The number of methoxy groups -OCH3 is 1. The molecule has 2 unspecified atom stereocenters. The molecule has 0 aromatic heterocycles. The Labute approximate surface area is 244 Å². The standard InChI is InChI=1S/C26H31NO14P2/c1-41-15-6-4-5-12-19(15)25(33)21-20(22(12)30)23(31)13-9-26(34,10-14(28)18(13)24(21)32)16(29)11-27-8-3-2-7-17(42(35,36)37)43(38,39)40/h4-6,14,17,27-28,31-32,34H,2-3,7-11H2,1H3,(H2,35,36,37)(H2,38,39,40). The zero-order chi connectivity index (χ0) is 32.1. The first-order chi connectivity index (χ1) is 19.9. The monoisotopic (exact) mass is 643 g/mol. The molecule has 2 aromatic carbocycles. The molecule has 0 bridgehead atoms. The van der Waals surface area contributed by atoms with Crippen molar-refractivity contribution in [2.24, 2.45) is 0 Å². The van der Waals surface area contributed by atoms with Crippen molar-refractivity contribution in [3.63, 3.8) is 0 Å². The molecule has 17 heteroatoms. The van der Waals surface area contributed by atoms with E-state index in [0.29, 0.717) is 0 Å². The van der Waals surface area contributed by atoms with Crippen LogP contribution in [0.25, 0.3) is 0 Å². The number of benzene rings is 2. The second-order valence-corrected chi connectivity index (χ2v) is 14.6. The minimum Gasteiger partial charge on any atom is -0.507 e. The van der Waals surface area contributed by atoms with Crippen LogP contribution in [0, 0.1) is 0 Å². The van der Waals surface area contributed by atoms with E-state index in [4.69, 9.17) is 4.74 Å². The van der Waals surface area contributed by atoms with Crippen LogP contribution in [0.2, 0.25) is 0 Å². The number of carbonyl (C=O) groups is 3. The van der Waals surface area contributed by atoms with Crippen LogP contribution in [0.15, 0.2) is 18.2 Å². The third-order valence-corrected chi connectivity index (χ3v) is 11.6. The largest absolute Gasteiger partial charge is 0.507 e. The molecule has 0 saturated carbocycles. The van der Waals surface area contributed by atoms with E-state index in [9.17, 15) is 63.5 Å². The predicted octanol–water partition coefficient (Wildman–Crippen LogP) is 0.603. The number of hydrogen-bond donors (Lipinski definition) is 9. The Morgan fingerprint density at radius 1 is 1.02 bits per heavy atom. The van der Waals surface area contributed by atoms with Gasteiger partial charge in [-0.15, -0.1) is 0 Å². The van der Waals surface area contributed by atoms with Crippen molar-refractivity contribution in [1.82, 2.24) is 5.32 Å². The molecule has 0 amide bonds. The molecule has 0 heterocycles. The number of phenols is 2. The Bertz CT molecular complexity index is 1570. The van der Waals surface area contributed by atoms with Crippen LogP contribution in [0.1, 0.15) is 74.8 Å². The average molecular weight is 643 g/mol. The van der Waals surface area contributed by atoms with Gasteiger partial charge < -0.3 is 50.1 Å². The highest BCUT2D eigenvalue weighted by Crippen LogP contribution is 2.61. The smallest absolute Gasteiger partial charge is 0.340 e. The van der Waals surface area contributed by atoms with Gasteiger partial charge >= 0.3 is 15.2 Å². The summed E-state index contributed by atoms with van der Waals surface area (Å²) in [4.78, 5) is 76.5. The first-order valence-electron chi connectivity index (χ1n) is 13.1. The van der Waals surface area contributed by atoms with E-state index in [0.717, 1.165) is 0 Å². The van der Waals surface area contributed by atoms with Crippen molar-refractivity contribution < 1.29 is 68.3 Å². The van der Waals surface area contributed by atoms with Crippen molar-refractivity contribution in [2.45, 2.75) is 49.2 Å². The molecule has 0 radical (unpaired) electrons. The molecule has 43 heavy (non-hydrogen) atoms. The van der Waals surface area contributed by atoms with Gasteiger partial charge in [0.2, 0.25) is 5.78 Å². The van der Waals surface area contributed by atoms with Crippen molar-refractivity contribution in [1.29, 1.82) is 0 Å². The van der Waals surface area contributed by atoms with Gasteiger partial charge in [0.1, 0.15) is 22.8 Å². The number of rotatable bonds is 11. The normalized spacial score (nSPS) is 20.0. The summed E-state index contributed by atoms with van der Waals surface area (Å²) in [5, 5.41) is 44.8. The maximum Gasteiger partial charge on any atom is 0.340 e. The third-order valence-electron chi connectivity index (χ3n) is 7.74.